The fourth-order valence-electron chi connectivity index (χ4n) is 2.85. The summed E-state index contributed by atoms with van der Waals surface area (Å²) in [7, 11) is 0. The number of Topliss-reactive ketones (excluding diaryl/α,β-unsaturated/α-hetero) is 1. The molecule has 0 heterocycles. The summed E-state index contributed by atoms with van der Waals surface area (Å²) < 4.78 is 0. The molecule has 0 aliphatic rings. The van der Waals surface area contributed by atoms with Crippen LogP contribution in [-0.4, -0.2) is 36.6 Å². The maximum atomic E-state index is 10.7. The van der Waals surface area contributed by atoms with E-state index < -0.39 is 0 Å². The largest absolute Gasteiger partial charge is 0.304 e. The van der Waals surface area contributed by atoms with Gasteiger partial charge in [-0.3, -0.25) is 9.59 Å². The van der Waals surface area contributed by atoms with Crippen molar-refractivity contribution in [1.82, 2.24) is 4.90 Å². The molecule has 0 fully saturated rings. The summed E-state index contributed by atoms with van der Waals surface area (Å²) in [6, 6.07) is 0. The number of unbranched alkanes of at least 4 members (excludes halogenated alkanes) is 11. The third-order valence-electron chi connectivity index (χ3n) is 4.71. The third kappa shape index (κ3) is 23.3. The highest BCUT2D eigenvalue weighted by atomic mass is 16.2. The SMILES string of the molecule is CCCCCCCCCCCCCCC(=O)[C]=O.CCN(CC)CC. The zero-order valence-corrected chi connectivity index (χ0v) is 17.6. The lowest BCUT2D eigenvalue weighted by atomic mass is 10.0. The molecular weight excluding hydrogens is 310 g/mol. The molecule has 0 atom stereocenters. The van der Waals surface area contributed by atoms with E-state index in [9.17, 15) is 9.59 Å². The lowest BCUT2D eigenvalue weighted by molar-refractivity contribution is -0.113. The number of rotatable bonds is 17. The van der Waals surface area contributed by atoms with Crippen molar-refractivity contribution in [3.63, 3.8) is 0 Å². The number of hydrogen-bond acceptors (Lipinski definition) is 3. The molecule has 1 radical (unpaired) electrons. The van der Waals surface area contributed by atoms with Crippen LogP contribution in [0.5, 0.6) is 0 Å². The fraction of sp³-hybridized carbons (Fsp3) is 0.909. The summed E-state index contributed by atoms with van der Waals surface area (Å²) in [6.45, 7) is 12.4. The number of carbonyl (C=O) groups is 1. The highest BCUT2D eigenvalue weighted by Gasteiger charge is 1.99. The smallest absolute Gasteiger partial charge is 0.272 e. The first-order chi connectivity index (χ1) is 12.2. The monoisotopic (exact) mass is 354 g/mol. The number of hydrogen-bond donors (Lipinski definition) is 0. The minimum absolute atomic E-state index is 0.373. The molecule has 149 valence electrons. The number of ketones is 1. The molecule has 0 saturated carbocycles. The molecule has 0 aromatic heterocycles. The van der Waals surface area contributed by atoms with Crippen molar-refractivity contribution in [2.24, 2.45) is 0 Å². The van der Waals surface area contributed by atoms with Crippen molar-refractivity contribution in [3.8, 4) is 0 Å². The van der Waals surface area contributed by atoms with Crippen LogP contribution in [-0.2, 0) is 9.59 Å². The van der Waals surface area contributed by atoms with Crippen LogP contribution in [0.2, 0.25) is 0 Å². The molecule has 0 aliphatic carbocycles. The van der Waals surface area contributed by atoms with Crippen LogP contribution in [0.15, 0.2) is 0 Å². The molecule has 0 amide bonds. The van der Waals surface area contributed by atoms with Crippen LogP contribution < -0.4 is 0 Å². The van der Waals surface area contributed by atoms with Gasteiger partial charge in [-0.15, -0.1) is 0 Å². The molecule has 0 N–H and O–H groups in total. The molecule has 0 aromatic rings. The minimum Gasteiger partial charge on any atom is -0.304 e. The maximum Gasteiger partial charge on any atom is 0.272 e. The van der Waals surface area contributed by atoms with Crippen LogP contribution in [0.3, 0.4) is 0 Å². The van der Waals surface area contributed by atoms with E-state index >= 15 is 0 Å². The van der Waals surface area contributed by atoms with Crippen molar-refractivity contribution in [3.05, 3.63) is 0 Å². The lowest BCUT2D eigenvalue weighted by Crippen LogP contribution is -2.21. The Morgan fingerprint density at radius 2 is 1.00 bits per heavy atom. The Bertz CT molecular complexity index is 270. The predicted molar refractivity (Wildman–Crippen MR) is 110 cm³/mol. The molecule has 0 saturated heterocycles. The van der Waals surface area contributed by atoms with E-state index in [1.807, 2.05) is 0 Å². The van der Waals surface area contributed by atoms with Gasteiger partial charge in [0.25, 0.3) is 6.29 Å². The Balaban J connectivity index is 0. The van der Waals surface area contributed by atoms with Crippen LogP contribution >= 0.6 is 0 Å². The topological polar surface area (TPSA) is 37.4 Å². The van der Waals surface area contributed by atoms with Gasteiger partial charge in [-0.05, 0) is 26.1 Å². The van der Waals surface area contributed by atoms with Crippen molar-refractivity contribution >= 4 is 12.1 Å². The van der Waals surface area contributed by atoms with Gasteiger partial charge in [-0.2, -0.15) is 0 Å². The lowest BCUT2D eigenvalue weighted by Gasteiger charge is -2.13. The first-order valence-electron chi connectivity index (χ1n) is 10.8. The van der Waals surface area contributed by atoms with Gasteiger partial charge in [0.05, 0.1) is 0 Å². The Kier molecular flexibility index (Phi) is 24.7. The van der Waals surface area contributed by atoms with Crippen molar-refractivity contribution in [1.29, 1.82) is 0 Å². The molecule has 3 nitrogen and oxygen atoms in total. The molecular formula is C22H44NO2. The molecule has 0 aromatic carbocycles. The molecule has 0 bridgehead atoms. The van der Waals surface area contributed by atoms with Crippen LogP contribution in [0.1, 0.15) is 111 Å². The van der Waals surface area contributed by atoms with E-state index in [0.29, 0.717) is 6.42 Å². The van der Waals surface area contributed by atoms with Gasteiger partial charge in [-0.25, -0.2) is 0 Å². The van der Waals surface area contributed by atoms with Crippen molar-refractivity contribution in [2.45, 2.75) is 111 Å². The molecule has 3 heteroatoms. The van der Waals surface area contributed by atoms with Gasteiger partial charge in [-0.1, -0.05) is 98.3 Å². The van der Waals surface area contributed by atoms with Crippen LogP contribution in [0, 0.1) is 0 Å². The van der Waals surface area contributed by atoms with E-state index in [0.717, 1.165) is 12.8 Å². The summed E-state index contributed by atoms with van der Waals surface area (Å²) in [4.78, 5) is 23.0. The van der Waals surface area contributed by atoms with E-state index in [4.69, 9.17) is 0 Å². The highest BCUT2D eigenvalue weighted by molar-refractivity contribution is 6.25. The van der Waals surface area contributed by atoms with Crippen LogP contribution in [0.25, 0.3) is 0 Å². The normalized spacial score (nSPS) is 10.4. The second-order valence-electron chi connectivity index (χ2n) is 6.78. The van der Waals surface area contributed by atoms with Crippen LogP contribution in [0.4, 0.5) is 0 Å². The number of carbonyl (C=O) groups excluding carboxylic acids is 2. The Hall–Kier alpha value is -0.700. The first kappa shape index (κ1) is 26.5. The van der Waals surface area contributed by atoms with Gasteiger partial charge in [0.15, 0.2) is 0 Å². The van der Waals surface area contributed by atoms with Crippen molar-refractivity contribution < 1.29 is 9.59 Å². The zero-order chi connectivity index (χ0) is 19.2. The van der Waals surface area contributed by atoms with E-state index in [1.165, 1.54) is 90.1 Å². The average molecular weight is 355 g/mol. The predicted octanol–water partition coefficient (Wildman–Crippen LogP) is 6.10. The second kappa shape index (κ2) is 23.3. The molecule has 0 aliphatic heterocycles. The van der Waals surface area contributed by atoms with Gasteiger partial charge in [0, 0.05) is 6.42 Å². The van der Waals surface area contributed by atoms with E-state index in [-0.39, 0.29) is 5.78 Å². The average Bonchev–Trinajstić information content (AvgIpc) is 2.64. The second-order valence-corrected chi connectivity index (χ2v) is 6.78. The maximum absolute atomic E-state index is 10.7. The van der Waals surface area contributed by atoms with Crippen molar-refractivity contribution in [2.75, 3.05) is 19.6 Å². The zero-order valence-electron chi connectivity index (χ0n) is 17.6. The summed E-state index contributed by atoms with van der Waals surface area (Å²) in [6.07, 6.45) is 17.2. The Morgan fingerprint density at radius 1 is 0.640 bits per heavy atom. The molecule has 0 rings (SSSR count). The minimum atomic E-state index is -0.373. The van der Waals surface area contributed by atoms with E-state index in [1.54, 1.807) is 0 Å². The van der Waals surface area contributed by atoms with Gasteiger partial charge in [0.1, 0.15) is 0 Å². The summed E-state index contributed by atoms with van der Waals surface area (Å²) in [5.74, 6) is -0.373. The molecule has 25 heavy (non-hydrogen) atoms. The Labute approximate surface area is 157 Å². The Morgan fingerprint density at radius 3 is 1.28 bits per heavy atom. The quantitative estimate of drug-likeness (QED) is 0.234. The molecule has 0 unspecified atom stereocenters. The summed E-state index contributed by atoms with van der Waals surface area (Å²) >= 11 is 0. The van der Waals surface area contributed by atoms with Gasteiger partial charge < -0.3 is 4.90 Å². The summed E-state index contributed by atoms with van der Waals surface area (Å²) in [5, 5.41) is 0. The molecule has 0 spiro atoms. The fourth-order valence-corrected chi connectivity index (χ4v) is 2.85. The standard InChI is InChI=1S/C16H29O2.C6H15N/c1-2-3-4-5-6-7-8-9-10-11-12-13-14-16(18)15-17;1-4-7(5-2)6-3/h2-14H2,1H3;4-6H2,1-3H3. The summed E-state index contributed by atoms with van der Waals surface area (Å²) in [5.41, 5.74) is 0. The third-order valence-corrected chi connectivity index (χ3v) is 4.71. The highest BCUT2D eigenvalue weighted by Crippen LogP contribution is 2.12. The van der Waals surface area contributed by atoms with Gasteiger partial charge >= 0.3 is 0 Å². The first-order valence-corrected chi connectivity index (χ1v) is 10.8. The van der Waals surface area contributed by atoms with Gasteiger partial charge in [0.2, 0.25) is 5.78 Å². The number of nitrogens with zero attached hydrogens (tertiary/aromatic N) is 1. The van der Waals surface area contributed by atoms with E-state index in [2.05, 4.69) is 32.6 Å².